The SMILES string of the molecule is CCCCN(O)C(=O)SCC(NC(=O)CCC(N)C(=O)O)C(=O)NCC(=O)O. The van der Waals surface area contributed by atoms with E-state index in [1.54, 1.807) is 0 Å². The van der Waals surface area contributed by atoms with Crippen LogP contribution in [0.1, 0.15) is 32.6 Å². The average Bonchev–Trinajstić information content (AvgIpc) is 2.64. The average molecular weight is 422 g/mol. The number of hydrogen-bond donors (Lipinski definition) is 6. The molecule has 2 atom stereocenters. The molecule has 0 spiro atoms. The predicted molar refractivity (Wildman–Crippen MR) is 98.7 cm³/mol. The number of thioether (sulfide) groups is 1. The van der Waals surface area contributed by atoms with Gasteiger partial charge in [-0.15, -0.1) is 0 Å². The molecule has 0 aromatic heterocycles. The third kappa shape index (κ3) is 11.4. The fourth-order valence-corrected chi connectivity index (χ4v) is 2.56. The highest BCUT2D eigenvalue weighted by Crippen LogP contribution is 2.10. The van der Waals surface area contributed by atoms with Gasteiger partial charge >= 0.3 is 17.2 Å². The van der Waals surface area contributed by atoms with Crippen LogP contribution >= 0.6 is 11.8 Å². The summed E-state index contributed by atoms with van der Waals surface area (Å²) in [5, 5.41) is 31.1. The van der Waals surface area contributed by atoms with Crippen LogP contribution in [0.3, 0.4) is 0 Å². The Kier molecular flexibility index (Phi) is 12.6. The van der Waals surface area contributed by atoms with Crippen LogP contribution in [0.4, 0.5) is 4.79 Å². The zero-order chi connectivity index (χ0) is 21.7. The summed E-state index contributed by atoms with van der Waals surface area (Å²) >= 11 is 0.572. The molecule has 0 aromatic carbocycles. The van der Waals surface area contributed by atoms with Gasteiger partial charge in [-0.3, -0.25) is 29.2 Å². The van der Waals surface area contributed by atoms with Gasteiger partial charge in [0.05, 0.1) is 0 Å². The summed E-state index contributed by atoms with van der Waals surface area (Å²) in [6.45, 7) is 1.30. The summed E-state index contributed by atoms with van der Waals surface area (Å²) in [5.41, 5.74) is 5.30. The van der Waals surface area contributed by atoms with Crippen molar-refractivity contribution in [1.29, 1.82) is 0 Å². The van der Waals surface area contributed by atoms with E-state index in [2.05, 4.69) is 10.6 Å². The van der Waals surface area contributed by atoms with Crippen molar-refractivity contribution >= 4 is 40.8 Å². The Morgan fingerprint density at radius 3 is 2.36 bits per heavy atom. The molecule has 0 aliphatic rings. The summed E-state index contributed by atoms with van der Waals surface area (Å²) < 4.78 is 0. The van der Waals surface area contributed by atoms with E-state index in [0.717, 1.165) is 6.42 Å². The molecule has 2 unspecified atom stereocenters. The quantitative estimate of drug-likeness (QED) is 0.161. The van der Waals surface area contributed by atoms with Gasteiger partial charge in [0, 0.05) is 18.7 Å². The normalized spacial score (nSPS) is 12.5. The third-order valence-corrected chi connectivity index (χ3v) is 4.33. The van der Waals surface area contributed by atoms with Crippen molar-refractivity contribution in [2.24, 2.45) is 5.73 Å². The van der Waals surface area contributed by atoms with Gasteiger partial charge in [-0.2, -0.15) is 0 Å². The van der Waals surface area contributed by atoms with Crippen molar-refractivity contribution in [3.05, 3.63) is 0 Å². The van der Waals surface area contributed by atoms with Crippen molar-refractivity contribution in [1.82, 2.24) is 15.7 Å². The molecular formula is C15H26N4O8S. The van der Waals surface area contributed by atoms with E-state index in [4.69, 9.17) is 15.9 Å². The Balaban J connectivity index is 4.79. The minimum Gasteiger partial charge on any atom is -0.480 e. The summed E-state index contributed by atoms with van der Waals surface area (Å²) in [6, 6.07) is -2.51. The zero-order valence-corrected chi connectivity index (χ0v) is 16.2. The van der Waals surface area contributed by atoms with Crippen LogP contribution in [0.2, 0.25) is 0 Å². The Bertz CT molecular complexity index is 574. The minimum absolute atomic E-state index is 0.109. The van der Waals surface area contributed by atoms with Gasteiger partial charge in [-0.05, 0) is 12.8 Å². The van der Waals surface area contributed by atoms with E-state index in [1.165, 1.54) is 0 Å². The highest BCUT2D eigenvalue weighted by molar-refractivity contribution is 8.13. The first-order chi connectivity index (χ1) is 13.1. The molecule has 0 saturated carbocycles. The van der Waals surface area contributed by atoms with Crippen LogP contribution in [0.5, 0.6) is 0 Å². The first kappa shape index (κ1) is 25.6. The lowest BCUT2D eigenvalue weighted by atomic mass is 10.1. The van der Waals surface area contributed by atoms with Crippen molar-refractivity contribution in [2.75, 3.05) is 18.8 Å². The fraction of sp³-hybridized carbons (Fsp3) is 0.667. The number of carboxylic acids is 2. The lowest BCUT2D eigenvalue weighted by molar-refractivity contribution is -0.139. The molecule has 13 heteroatoms. The van der Waals surface area contributed by atoms with Gasteiger partial charge in [0.25, 0.3) is 0 Å². The van der Waals surface area contributed by atoms with Crippen LogP contribution in [-0.2, 0) is 19.2 Å². The number of nitrogens with two attached hydrogens (primary N) is 1. The van der Waals surface area contributed by atoms with Crippen LogP contribution in [0.15, 0.2) is 0 Å². The molecule has 0 bridgehead atoms. The molecule has 0 aliphatic carbocycles. The van der Waals surface area contributed by atoms with Gasteiger partial charge in [0.15, 0.2) is 0 Å². The molecule has 0 aromatic rings. The van der Waals surface area contributed by atoms with Crippen molar-refractivity contribution in [2.45, 2.75) is 44.7 Å². The van der Waals surface area contributed by atoms with E-state index in [9.17, 15) is 29.2 Å². The van der Waals surface area contributed by atoms with Gasteiger partial charge in [-0.25, -0.2) is 5.06 Å². The lowest BCUT2D eigenvalue weighted by Gasteiger charge is -2.19. The first-order valence-corrected chi connectivity index (χ1v) is 9.47. The minimum atomic E-state index is -1.30. The fourth-order valence-electron chi connectivity index (χ4n) is 1.77. The number of carbonyl (C=O) groups is 5. The van der Waals surface area contributed by atoms with Crippen LogP contribution in [0.25, 0.3) is 0 Å². The van der Waals surface area contributed by atoms with Gasteiger partial charge in [0.2, 0.25) is 11.8 Å². The van der Waals surface area contributed by atoms with Crippen LogP contribution < -0.4 is 16.4 Å². The summed E-state index contributed by atoms with van der Waals surface area (Å²) in [5.74, 6) is -4.36. The highest BCUT2D eigenvalue weighted by atomic mass is 32.2. The second kappa shape index (κ2) is 13.7. The molecule has 12 nitrogen and oxygen atoms in total. The number of carboxylic acid groups (broad SMARTS) is 2. The summed E-state index contributed by atoms with van der Waals surface area (Å²) in [6.07, 6.45) is 0.880. The van der Waals surface area contributed by atoms with Gasteiger partial charge in [0.1, 0.15) is 18.6 Å². The Morgan fingerprint density at radius 1 is 1.18 bits per heavy atom. The maximum atomic E-state index is 12.1. The molecule has 0 heterocycles. The maximum Gasteiger partial charge on any atom is 0.322 e. The van der Waals surface area contributed by atoms with Crippen LogP contribution in [-0.4, -0.2) is 80.4 Å². The summed E-state index contributed by atoms with van der Waals surface area (Å²) in [7, 11) is 0. The van der Waals surface area contributed by atoms with E-state index in [1.807, 2.05) is 6.92 Å². The number of nitrogens with one attached hydrogen (secondary N) is 2. The van der Waals surface area contributed by atoms with E-state index in [0.29, 0.717) is 23.2 Å². The second-order valence-electron chi connectivity index (χ2n) is 5.77. The monoisotopic (exact) mass is 422 g/mol. The Morgan fingerprint density at radius 2 is 1.82 bits per heavy atom. The maximum absolute atomic E-state index is 12.1. The predicted octanol–water partition coefficient (Wildman–Crippen LogP) is -0.791. The van der Waals surface area contributed by atoms with Crippen LogP contribution in [0, 0.1) is 0 Å². The smallest absolute Gasteiger partial charge is 0.322 e. The van der Waals surface area contributed by atoms with Gasteiger partial charge < -0.3 is 26.6 Å². The highest BCUT2D eigenvalue weighted by Gasteiger charge is 2.24. The number of aliphatic carboxylic acids is 2. The molecule has 0 aliphatic heterocycles. The number of unbranched alkanes of at least 4 members (excludes halogenated alkanes) is 1. The third-order valence-electron chi connectivity index (χ3n) is 3.37. The number of rotatable bonds is 13. The second-order valence-corrected chi connectivity index (χ2v) is 6.74. The molecule has 7 N–H and O–H groups in total. The molecule has 0 fully saturated rings. The van der Waals surface area contributed by atoms with Crippen molar-refractivity contribution in [3.8, 4) is 0 Å². The largest absolute Gasteiger partial charge is 0.480 e. The van der Waals surface area contributed by atoms with Crippen molar-refractivity contribution < 1.29 is 39.4 Å². The molecule has 0 saturated heterocycles. The number of hydrogen-bond acceptors (Lipinski definition) is 8. The number of amides is 3. The summed E-state index contributed by atoms with van der Waals surface area (Å²) in [4.78, 5) is 57.1. The van der Waals surface area contributed by atoms with E-state index < -0.39 is 47.6 Å². The Hall–Kier alpha value is -2.38. The topological polar surface area (TPSA) is 199 Å². The molecule has 3 amide bonds. The molecular weight excluding hydrogens is 396 g/mol. The van der Waals surface area contributed by atoms with Gasteiger partial charge in [-0.1, -0.05) is 25.1 Å². The lowest BCUT2D eigenvalue weighted by Crippen LogP contribution is -2.50. The number of nitrogens with zero attached hydrogens (tertiary/aromatic N) is 1. The van der Waals surface area contributed by atoms with Crippen molar-refractivity contribution in [3.63, 3.8) is 0 Å². The first-order valence-electron chi connectivity index (χ1n) is 8.48. The van der Waals surface area contributed by atoms with E-state index in [-0.39, 0.29) is 25.1 Å². The standard InChI is InChI=1S/C15H26N4O8S/c1-2-3-6-19(27)15(26)28-8-10(13(23)17-7-12(21)22)18-11(20)5-4-9(16)14(24)25/h9-10,27H,2-8,16H2,1H3,(H,17,23)(H,18,20)(H,21,22)(H,24,25). The van der Waals surface area contributed by atoms with E-state index >= 15 is 0 Å². The zero-order valence-electron chi connectivity index (χ0n) is 15.4. The number of carbonyl (C=O) groups excluding carboxylic acids is 3. The molecule has 160 valence electrons. The molecule has 28 heavy (non-hydrogen) atoms. The number of hydroxylamine groups is 2. The molecule has 0 rings (SSSR count). The Labute approximate surface area is 165 Å². The molecule has 0 radical (unpaired) electrons.